The Balaban J connectivity index is 1.40. The second kappa shape index (κ2) is 8.61. The highest BCUT2D eigenvalue weighted by Gasteiger charge is 2.23. The maximum Gasteiger partial charge on any atom is 0.259 e. The summed E-state index contributed by atoms with van der Waals surface area (Å²) in [5.41, 5.74) is 2.02. The van der Waals surface area contributed by atoms with E-state index in [1.165, 1.54) is 0 Å². The summed E-state index contributed by atoms with van der Waals surface area (Å²) in [7, 11) is 0. The van der Waals surface area contributed by atoms with Crippen molar-refractivity contribution in [2.75, 3.05) is 5.32 Å². The van der Waals surface area contributed by atoms with Gasteiger partial charge in [0, 0.05) is 11.7 Å². The Morgan fingerprint density at radius 1 is 0.862 bits per heavy atom. The van der Waals surface area contributed by atoms with Gasteiger partial charge < -0.3 is 15.4 Å². The van der Waals surface area contributed by atoms with Gasteiger partial charge in [0.1, 0.15) is 11.5 Å². The molecule has 2 N–H and O–H groups in total. The van der Waals surface area contributed by atoms with Crippen molar-refractivity contribution >= 4 is 17.5 Å². The number of anilines is 1. The summed E-state index contributed by atoms with van der Waals surface area (Å²) in [6.07, 6.45) is 2.50. The average Bonchev–Trinajstić information content (AvgIpc) is 3.54. The lowest BCUT2D eigenvalue weighted by Gasteiger charge is -2.12. The van der Waals surface area contributed by atoms with E-state index in [-0.39, 0.29) is 11.8 Å². The van der Waals surface area contributed by atoms with Crippen LogP contribution in [0.15, 0.2) is 78.9 Å². The van der Waals surface area contributed by atoms with Crippen LogP contribution in [0.3, 0.4) is 0 Å². The van der Waals surface area contributed by atoms with E-state index in [1.807, 2.05) is 48.5 Å². The standard InChI is InChI=1S/C24H22N2O3/c27-23(25-18-14-15-18)16-17-10-12-19(13-11-17)26-24(28)21-8-4-5-9-22(21)29-20-6-2-1-3-7-20/h1-13,18H,14-16H2,(H,25,27)(H,26,28). The third-order valence-corrected chi connectivity index (χ3v) is 4.62. The molecule has 1 saturated carbocycles. The Labute approximate surface area is 169 Å². The number of nitrogens with one attached hydrogen (secondary N) is 2. The predicted octanol–water partition coefficient (Wildman–Crippen LogP) is 4.55. The smallest absolute Gasteiger partial charge is 0.259 e. The van der Waals surface area contributed by atoms with Gasteiger partial charge in [0.25, 0.3) is 5.91 Å². The fourth-order valence-electron chi connectivity index (χ4n) is 2.95. The molecule has 0 bridgehead atoms. The maximum atomic E-state index is 12.8. The highest BCUT2D eigenvalue weighted by Crippen LogP contribution is 2.26. The highest BCUT2D eigenvalue weighted by molar-refractivity contribution is 6.06. The molecule has 1 fully saturated rings. The van der Waals surface area contributed by atoms with E-state index >= 15 is 0 Å². The van der Waals surface area contributed by atoms with Gasteiger partial charge in [0.05, 0.1) is 12.0 Å². The molecule has 0 aliphatic heterocycles. The van der Waals surface area contributed by atoms with E-state index in [0.29, 0.717) is 35.2 Å². The van der Waals surface area contributed by atoms with Gasteiger partial charge in [-0.25, -0.2) is 0 Å². The van der Waals surface area contributed by atoms with Gasteiger partial charge in [-0.1, -0.05) is 42.5 Å². The molecule has 0 heterocycles. The molecular weight excluding hydrogens is 364 g/mol. The Morgan fingerprint density at radius 2 is 1.55 bits per heavy atom. The van der Waals surface area contributed by atoms with Gasteiger partial charge >= 0.3 is 0 Å². The summed E-state index contributed by atoms with van der Waals surface area (Å²) < 4.78 is 5.86. The van der Waals surface area contributed by atoms with E-state index in [4.69, 9.17) is 4.74 Å². The first kappa shape index (κ1) is 18.7. The van der Waals surface area contributed by atoms with Crippen LogP contribution in [0.2, 0.25) is 0 Å². The lowest BCUT2D eigenvalue weighted by Crippen LogP contribution is -2.26. The van der Waals surface area contributed by atoms with Gasteiger partial charge in [-0.3, -0.25) is 9.59 Å². The van der Waals surface area contributed by atoms with Crippen molar-refractivity contribution < 1.29 is 14.3 Å². The maximum absolute atomic E-state index is 12.8. The fraction of sp³-hybridized carbons (Fsp3) is 0.167. The molecule has 3 aromatic carbocycles. The lowest BCUT2D eigenvalue weighted by molar-refractivity contribution is -0.120. The molecule has 0 spiro atoms. The molecule has 0 radical (unpaired) electrons. The number of hydrogen-bond acceptors (Lipinski definition) is 3. The van der Waals surface area contributed by atoms with Crippen molar-refractivity contribution in [1.82, 2.24) is 5.32 Å². The van der Waals surface area contributed by atoms with Gasteiger partial charge in [-0.2, -0.15) is 0 Å². The number of amides is 2. The molecule has 0 unspecified atom stereocenters. The first-order chi connectivity index (χ1) is 14.2. The Bertz CT molecular complexity index is 996. The molecule has 29 heavy (non-hydrogen) atoms. The number of ether oxygens (including phenoxy) is 1. The van der Waals surface area contributed by atoms with Crippen LogP contribution in [0.1, 0.15) is 28.8 Å². The number of benzene rings is 3. The van der Waals surface area contributed by atoms with E-state index < -0.39 is 0 Å². The molecule has 146 valence electrons. The van der Waals surface area contributed by atoms with E-state index in [1.54, 1.807) is 30.3 Å². The van der Waals surface area contributed by atoms with E-state index in [2.05, 4.69) is 10.6 Å². The topological polar surface area (TPSA) is 67.4 Å². The quantitative estimate of drug-likeness (QED) is 0.626. The zero-order valence-electron chi connectivity index (χ0n) is 15.9. The van der Waals surface area contributed by atoms with Crippen molar-refractivity contribution in [2.24, 2.45) is 0 Å². The first-order valence-electron chi connectivity index (χ1n) is 9.69. The van der Waals surface area contributed by atoms with Gasteiger partial charge in [0.2, 0.25) is 5.91 Å². The molecule has 0 atom stereocenters. The van der Waals surface area contributed by atoms with Crippen LogP contribution >= 0.6 is 0 Å². The molecule has 5 nitrogen and oxygen atoms in total. The van der Waals surface area contributed by atoms with Crippen LogP contribution in [0.25, 0.3) is 0 Å². The van der Waals surface area contributed by atoms with Crippen LogP contribution in [-0.4, -0.2) is 17.9 Å². The second-order valence-electron chi connectivity index (χ2n) is 7.08. The van der Waals surface area contributed by atoms with Crippen LogP contribution in [-0.2, 0) is 11.2 Å². The lowest BCUT2D eigenvalue weighted by atomic mass is 10.1. The van der Waals surface area contributed by atoms with E-state index in [0.717, 1.165) is 18.4 Å². The summed E-state index contributed by atoms with van der Waals surface area (Å²) in [5, 5.41) is 5.86. The second-order valence-corrected chi connectivity index (χ2v) is 7.08. The molecule has 2 amide bonds. The van der Waals surface area contributed by atoms with Crippen molar-refractivity contribution in [3.63, 3.8) is 0 Å². The Hall–Kier alpha value is -3.60. The summed E-state index contributed by atoms with van der Waals surface area (Å²) in [6, 6.07) is 24.1. The summed E-state index contributed by atoms with van der Waals surface area (Å²) in [6.45, 7) is 0. The number of rotatable bonds is 7. The van der Waals surface area contributed by atoms with Gasteiger partial charge in [-0.15, -0.1) is 0 Å². The minimum atomic E-state index is -0.254. The van der Waals surface area contributed by atoms with Crippen molar-refractivity contribution in [3.8, 4) is 11.5 Å². The Kier molecular flexibility index (Phi) is 5.56. The van der Waals surface area contributed by atoms with Crippen LogP contribution in [0.5, 0.6) is 11.5 Å². The molecule has 3 aromatic rings. The first-order valence-corrected chi connectivity index (χ1v) is 9.69. The molecule has 1 aliphatic rings. The minimum Gasteiger partial charge on any atom is -0.457 e. The van der Waals surface area contributed by atoms with Crippen molar-refractivity contribution in [2.45, 2.75) is 25.3 Å². The third kappa shape index (κ3) is 5.23. The zero-order chi connectivity index (χ0) is 20.1. The number of hydrogen-bond donors (Lipinski definition) is 2. The normalized spacial score (nSPS) is 12.8. The van der Waals surface area contributed by atoms with Crippen LogP contribution in [0, 0.1) is 0 Å². The molecule has 0 saturated heterocycles. The number of carbonyl (C=O) groups excluding carboxylic acids is 2. The molecule has 4 rings (SSSR count). The highest BCUT2D eigenvalue weighted by atomic mass is 16.5. The number of para-hydroxylation sites is 2. The van der Waals surface area contributed by atoms with Crippen molar-refractivity contribution in [3.05, 3.63) is 90.0 Å². The molecular formula is C24H22N2O3. The minimum absolute atomic E-state index is 0.0382. The predicted molar refractivity (Wildman–Crippen MR) is 112 cm³/mol. The molecule has 5 heteroatoms. The third-order valence-electron chi connectivity index (χ3n) is 4.62. The molecule has 0 aromatic heterocycles. The summed E-state index contributed by atoms with van der Waals surface area (Å²) in [4.78, 5) is 24.7. The Morgan fingerprint density at radius 3 is 2.28 bits per heavy atom. The number of carbonyl (C=O) groups is 2. The zero-order valence-corrected chi connectivity index (χ0v) is 15.9. The molecule has 1 aliphatic carbocycles. The summed E-state index contributed by atoms with van der Waals surface area (Å²) in [5.74, 6) is 0.943. The average molecular weight is 386 g/mol. The monoisotopic (exact) mass is 386 g/mol. The van der Waals surface area contributed by atoms with Crippen molar-refractivity contribution in [1.29, 1.82) is 0 Å². The van der Waals surface area contributed by atoms with Crippen LogP contribution in [0.4, 0.5) is 5.69 Å². The van der Waals surface area contributed by atoms with Gasteiger partial charge in [0.15, 0.2) is 0 Å². The fourth-order valence-corrected chi connectivity index (χ4v) is 2.95. The van der Waals surface area contributed by atoms with E-state index in [9.17, 15) is 9.59 Å². The van der Waals surface area contributed by atoms with Crippen LogP contribution < -0.4 is 15.4 Å². The van der Waals surface area contributed by atoms with Gasteiger partial charge in [-0.05, 0) is 54.8 Å². The largest absolute Gasteiger partial charge is 0.457 e. The summed E-state index contributed by atoms with van der Waals surface area (Å²) >= 11 is 0. The SMILES string of the molecule is O=C(Cc1ccc(NC(=O)c2ccccc2Oc2ccccc2)cc1)NC1CC1.